The molecular formula is C13H19ClO3. The van der Waals surface area contributed by atoms with Crippen molar-refractivity contribution in [3.8, 4) is 17.2 Å². The minimum absolute atomic E-state index is 0.646. The second-order valence-electron chi connectivity index (χ2n) is 3.59. The van der Waals surface area contributed by atoms with E-state index in [0.717, 1.165) is 19.3 Å². The first-order valence-corrected chi connectivity index (χ1v) is 6.26. The smallest absolute Gasteiger partial charge is 0.203 e. The lowest BCUT2D eigenvalue weighted by atomic mass is 10.2. The number of alkyl halides is 1. The number of hydrogen-bond donors (Lipinski definition) is 0. The zero-order valence-electron chi connectivity index (χ0n) is 10.4. The van der Waals surface area contributed by atoms with Crippen LogP contribution in [-0.4, -0.2) is 26.7 Å². The molecular weight excluding hydrogens is 240 g/mol. The van der Waals surface area contributed by atoms with Gasteiger partial charge in [0.05, 0.1) is 20.8 Å². The average Bonchev–Trinajstić information content (AvgIpc) is 2.38. The van der Waals surface area contributed by atoms with Crippen LogP contribution >= 0.6 is 11.6 Å². The number of hydrogen-bond acceptors (Lipinski definition) is 3. The summed E-state index contributed by atoms with van der Waals surface area (Å²) in [5, 5.41) is 0. The summed E-state index contributed by atoms with van der Waals surface area (Å²) < 4.78 is 16.2. The molecule has 17 heavy (non-hydrogen) atoms. The first-order valence-electron chi connectivity index (χ1n) is 5.73. The molecule has 0 unspecified atom stereocenters. The van der Waals surface area contributed by atoms with E-state index in [1.54, 1.807) is 14.2 Å². The molecule has 0 aliphatic heterocycles. The molecule has 1 rings (SSSR count). The molecule has 1 aromatic carbocycles. The fourth-order valence-corrected chi connectivity index (χ4v) is 1.70. The molecule has 0 radical (unpaired) electrons. The lowest BCUT2D eigenvalue weighted by Crippen LogP contribution is -2.01. The molecule has 0 saturated heterocycles. The number of halogens is 1. The summed E-state index contributed by atoms with van der Waals surface area (Å²) in [7, 11) is 3.24. The predicted molar refractivity (Wildman–Crippen MR) is 69.6 cm³/mol. The molecule has 0 fully saturated rings. The van der Waals surface area contributed by atoms with Crippen LogP contribution in [-0.2, 0) is 0 Å². The molecule has 96 valence electrons. The quantitative estimate of drug-likeness (QED) is 0.528. The molecule has 3 nitrogen and oxygen atoms in total. The lowest BCUT2D eigenvalue weighted by molar-refractivity contribution is 0.268. The number of rotatable bonds is 8. The minimum Gasteiger partial charge on any atom is -0.493 e. The van der Waals surface area contributed by atoms with Gasteiger partial charge in [-0.15, -0.1) is 11.6 Å². The van der Waals surface area contributed by atoms with Crippen molar-refractivity contribution in [2.24, 2.45) is 0 Å². The van der Waals surface area contributed by atoms with Crippen molar-refractivity contribution in [2.45, 2.75) is 19.3 Å². The van der Waals surface area contributed by atoms with Crippen LogP contribution in [0.15, 0.2) is 18.2 Å². The van der Waals surface area contributed by atoms with Crippen molar-refractivity contribution in [3.63, 3.8) is 0 Å². The number of ether oxygens (including phenoxy) is 3. The number of benzene rings is 1. The minimum atomic E-state index is 0.646. The van der Waals surface area contributed by atoms with Gasteiger partial charge < -0.3 is 14.2 Å². The Morgan fingerprint density at radius 3 is 2.18 bits per heavy atom. The van der Waals surface area contributed by atoms with Crippen LogP contribution in [0.3, 0.4) is 0 Å². The molecule has 0 saturated carbocycles. The summed E-state index contributed by atoms with van der Waals surface area (Å²) in [6.45, 7) is 0.646. The average molecular weight is 259 g/mol. The van der Waals surface area contributed by atoms with Crippen LogP contribution in [0.5, 0.6) is 17.2 Å². The van der Waals surface area contributed by atoms with Gasteiger partial charge in [0.1, 0.15) is 0 Å². The number of methoxy groups -OCH3 is 2. The van der Waals surface area contributed by atoms with E-state index in [9.17, 15) is 0 Å². The molecule has 0 atom stereocenters. The van der Waals surface area contributed by atoms with Crippen LogP contribution in [0, 0.1) is 0 Å². The van der Waals surface area contributed by atoms with Crippen molar-refractivity contribution in [2.75, 3.05) is 26.7 Å². The van der Waals surface area contributed by atoms with Gasteiger partial charge in [0.2, 0.25) is 5.75 Å². The van der Waals surface area contributed by atoms with Gasteiger partial charge >= 0.3 is 0 Å². The molecule has 0 aromatic heterocycles. The highest BCUT2D eigenvalue weighted by Gasteiger charge is 2.10. The maximum Gasteiger partial charge on any atom is 0.203 e. The molecule has 0 amide bonds. The molecule has 0 bridgehead atoms. The van der Waals surface area contributed by atoms with Crippen molar-refractivity contribution in [3.05, 3.63) is 18.2 Å². The Bertz CT molecular complexity index is 306. The predicted octanol–water partition coefficient (Wildman–Crippen LogP) is 3.49. The van der Waals surface area contributed by atoms with Crippen molar-refractivity contribution < 1.29 is 14.2 Å². The molecule has 0 spiro atoms. The Hall–Kier alpha value is -1.09. The molecule has 1 aromatic rings. The molecule has 4 heteroatoms. The van der Waals surface area contributed by atoms with E-state index in [-0.39, 0.29) is 0 Å². The van der Waals surface area contributed by atoms with Crippen molar-refractivity contribution in [1.82, 2.24) is 0 Å². The van der Waals surface area contributed by atoms with E-state index in [0.29, 0.717) is 29.7 Å². The zero-order valence-corrected chi connectivity index (χ0v) is 11.1. The highest BCUT2D eigenvalue weighted by molar-refractivity contribution is 6.17. The van der Waals surface area contributed by atoms with Gasteiger partial charge in [-0.1, -0.05) is 6.07 Å². The highest BCUT2D eigenvalue weighted by atomic mass is 35.5. The van der Waals surface area contributed by atoms with E-state index in [1.165, 1.54) is 0 Å². The number of unbranched alkanes of at least 4 members (excludes halogenated alkanes) is 2. The van der Waals surface area contributed by atoms with Crippen LogP contribution in [0.4, 0.5) is 0 Å². The molecule has 0 heterocycles. The van der Waals surface area contributed by atoms with E-state index in [1.807, 2.05) is 18.2 Å². The Balaban J connectivity index is 2.55. The zero-order chi connectivity index (χ0) is 12.5. The summed E-state index contributed by atoms with van der Waals surface area (Å²) in [5.74, 6) is 2.77. The maximum absolute atomic E-state index is 5.70. The van der Waals surface area contributed by atoms with Gasteiger partial charge in [0, 0.05) is 5.88 Å². The molecule has 0 N–H and O–H groups in total. The second kappa shape index (κ2) is 8.07. The summed E-state index contributed by atoms with van der Waals surface area (Å²) in [4.78, 5) is 0. The van der Waals surface area contributed by atoms with Crippen LogP contribution < -0.4 is 14.2 Å². The van der Waals surface area contributed by atoms with Gasteiger partial charge in [-0.3, -0.25) is 0 Å². The first kappa shape index (κ1) is 14.0. The third-order valence-corrected chi connectivity index (χ3v) is 2.67. The maximum atomic E-state index is 5.70. The van der Waals surface area contributed by atoms with Crippen LogP contribution in [0.25, 0.3) is 0 Å². The van der Waals surface area contributed by atoms with Crippen molar-refractivity contribution >= 4 is 11.6 Å². The van der Waals surface area contributed by atoms with E-state index in [2.05, 4.69) is 0 Å². The molecule has 0 aliphatic rings. The largest absolute Gasteiger partial charge is 0.493 e. The summed E-state index contributed by atoms with van der Waals surface area (Å²) in [6.07, 6.45) is 3.07. The molecule has 0 aliphatic carbocycles. The SMILES string of the molecule is COc1cccc(OC)c1OCCCCCCl. The number of para-hydroxylation sites is 1. The monoisotopic (exact) mass is 258 g/mol. The summed E-state index contributed by atoms with van der Waals surface area (Å²) >= 11 is 5.61. The summed E-state index contributed by atoms with van der Waals surface area (Å²) in [6, 6.07) is 5.59. The lowest BCUT2D eigenvalue weighted by Gasteiger charge is -2.13. The third-order valence-electron chi connectivity index (χ3n) is 2.41. The normalized spacial score (nSPS) is 10.1. The van der Waals surface area contributed by atoms with Gasteiger partial charge in [-0.05, 0) is 31.4 Å². The topological polar surface area (TPSA) is 27.7 Å². The third kappa shape index (κ3) is 4.35. The van der Waals surface area contributed by atoms with Gasteiger partial charge in [-0.2, -0.15) is 0 Å². The van der Waals surface area contributed by atoms with Crippen molar-refractivity contribution in [1.29, 1.82) is 0 Å². The van der Waals surface area contributed by atoms with Crippen LogP contribution in [0.2, 0.25) is 0 Å². The fourth-order valence-electron chi connectivity index (χ4n) is 1.51. The van der Waals surface area contributed by atoms with E-state index in [4.69, 9.17) is 25.8 Å². The van der Waals surface area contributed by atoms with E-state index >= 15 is 0 Å². The van der Waals surface area contributed by atoms with Gasteiger partial charge in [0.15, 0.2) is 11.5 Å². The van der Waals surface area contributed by atoms with Gasteiger partial charge in [-0.25, -0.2) is 0 Å². The Morgan fingerprint density at radius 2 is 1.65 bits per heavy atom. The van der Waals surface area contributed by atoms with E-state index < -0.39 is 0 Å². The standard InChI is InChI=1S/C13H19ClO3/c1-15-11-7-6-8-12(16-2)13(11)17-10-5-3-4-9-14/h6-8H,3-5,9-10H2,1-2H3. The fraction of sp³-hybridized carbons (Fsp3) is 0.538. The van der Waals surface area contributed by atoms with Gasteiger partial charge in [0.25, 0.3) is 0 Å². The Labute approximate surface area is 108 Å². The van der Waals surface area contributed by atoms with Crippen LogP contribution in [0.1, 0.15) is 19.3 Å². The second-order valence-corrected chi connectivity index (χ2v) is 3.97. The Morgan fingerprint density at radius 1 is 1.00 bits per heavy atom. The Kier molecular flexibility index (Phi) is 6.63. The highest BCUT2D eigenvalue weighted by Crippen LogP contribution is 2.36. The first-order chi connectivity index (χ1) is 8.33. The summed E-state index contributed by atoms with van der Waals surface area (Å²) in [5.41, 5.74) is 0.